The van der Waals surface area contributed by atoms with E-state index in [0.717, 1.165) is 18.2 Å². The van der Waals surface area contributed by atoms with Crippen LogP contribution in [0.15, 0.2) is 24.3 Å². The second-order valence-electron chi connectivity index (χ2n) is 3.46. The first-order valence-corrected chi connectivity index (χ1v) is 5.17. The van der Waals surface area contributed by atoms with Gasteiger partial charge in [0.2, 0.25) is 0 Å². The predicted octanol–water partition coefficient (Wildman–Crippen LogP) is 4.13. The number of hydrogen-bond donors (Lipinski definition) is 0. The van der Waals surface area contributed by atoms with E-state index in [4.69, 9.17) is 11.6 Å². The Labute approximate surface area is 99.0 Å². The van der Waals surface area contributed by atoms with Crippen molar-refractivity contribution in [1.82, 2.24) is 4.98 Å². The quantitative estimate of drug-likeness (QED) is 0.557. The van der Waals surface area contributed by atoms with E-state index < -0.39 is 17.7 Å². The topological polar surface area (TPSA) is 12.9 Å². The van der Waals surface area contributed by atoms with E-state index in [9.17, 15) is 17.6 Å². The maximum Gasteiger partial charge on any atom is 0.433 e. The summed E-state index contributed by atoms with van der Waals surface area (Å²) in [6.45, 7) is 0. The maximum absolute atomic E-state index is 13.0. The fourth-order valence-electron chi connectivity index (χ4n) is 1.52. The molecule has 1 aromatic carbocycles. The number of fused-ring (bicyclic) bond motifs is 1. The Balaban J connectivity index is 2.75. The molecule has 0 N–H and O–H groups in total. The van der Waals surface area contributed by atoms with Crippen molar-refractivity contribution in [1.29, 1.82) is 0 Å². The predicted molar refractivity (Wildman–Crippen MR) is 56.3 cm³/mol. The summed E-state index contributed by atoms with van der Waals surface area (Å²) in [7, 11) is 0. The number of nitrogens with zero attached hydrogens (tertiary/aromatic N) is 1. The Hall–Kier alpha value is -1.36. The van der Waals surface area contributed by atoms with Crippen molar-refractivity contribution in [2.24, 2.45) is 0 Å². The number of benzene rings is 1. The summed E-state index contributed by atoms with van der Waals surface area (Å²) in [5.74, 6) is -0.670. The number of pyridine rings is 1. The number of halogens is 5. The van der Waals surface area contributed by atoms with Crippen LogP contribution < -0.4 is 0 Å². The number of rotatable bonds is 1. The van der Waals surface area contributed by atoms with Crippen LogP contribution >= 0.6 is 11.6 Å². The van der Waals surface area contributed by atoms with Gasteiger partial charge >= 0.3 is 6.18 Å². The van der Waals surface area contributed by atoms with Gasteiger partial charge in [-0.15, -0.1) is 11.6 Å². The third-order valence-corrected chi connectivity index (χ3v) is 2.58. The van der Waals surface area contributed by atoms with E-state index in [1.54, 1.807) is 0 Å². The molecule has 0 aliphatic heterocycles. The number of hydrogen-bond acceptors (Lipinski definition) is 1. The van der Waals surface area contributed by atoms with Gasteiger partial charge in [0.05, 0.1) is 5.52 Å². The molecule has 0 amide bonds. The molecule has 1 aromatic heterocycles. The highest BCUT2D eigenvalue weighted by molar-refractivity contribution is 6.18. The number of aromatic nitrogens is 1. The van der Waals surface area contributed by atoms with Crippen LogP contribution in [0, 0.1) is 5.82 Å². The minimum absolute atomic E-state index is 0.0804. The Morgan fingerprint density at radius 1 is 1.18 bits per heavy atom. The van der Waals surface area contributed by atoms with Gasteiger partial charge in [-0.1, -0.05) is 0 Å². The summed E-state index contributed by atoms with van der Waals surface area (Å²) >= 11 is 5.56. The second-order valence-corrected chi connectivity index (χ2v) is 3.73. The Morgan fingerprint density at radius 2 is 1.88 bits per heavy atom. The van der Waals surface area contributed by atoms with E-state index in [-0.39, 0.29) is 17.0 Å². The van der Waals surface area contributed by atoms with Crippen molar-refractivity contribution >= 4 is 22.5 Å². The smallest absolute Gasteiger partial charge is 0.243 e. The van der Waals surface area contributed by atoms with Gasteiger partial charge in [0.15, 0.2) is 0 Å². The molecule has 0 saturated heterocycles. The lowest BCUT2D eigenvalue weighted by Crippen LogP contribution is -2.09. The lowest BCUT2D eigenvalue weighted by Gasteiger charge is -2.10. The molecule has 17 heavy (non-hydrogen) atoms. The van der Waals surface area contributed by atoms with Crippen LogP contribution in [0.1, 0.15) is 11.3 Å². The van der Waals surface area contributed by atoms with E-state index in [0.29, 0.717) is 5.39 Å². The molecule has 90 valence electrons. The fourth-order valence-corrected chi connectivity index (χ4v) is 1.74. The summed E-state index contributed by atoms with van der Waals surface area (Å²) in [6.07, 6.45) is -4.54. The van der Waals surface area contributed by atoms with Crippen LogP contribution in [-0.2, 0) is 12.1 Å². The average molecular weight is 264 g/mol. The van der Waals surface area contributed by atoms with Crippen molar-refractivity contribution in [3.05, 3.63) is 41.3 Å². The van der Waals surface area contributed by atoms with E-state index in [2.05, 4.69) is 4.98 Å². The first kappa shape index (κ1) is 12.1. The molecular formula is C11H6ClF4N. The first-order chi connectivity index (χ1) is 7.91. The van der Waals surface area contributed by atoms with Gasteiger partial charge in [0.25, 0.3) is 0 Å². The first-order valence-electron chi connectivity index (χ1n) is 4.64. The molecule has 1 nitrogen and oxygen atoms in total. The molecule has 0 fully saturated rings. The molecule has 2 aromatic rings. The monoisotopic (exact) mass is 263 g/mol. The summed E-state index contributed by atoms with van der Waals surface area (Å²) in [5.41, 5.74) is -0.729. The van der Waals surface area contributed by atoms with Crippen LogP contribution in [0.3, 0.4) is 0 Å². The largest absolute Gasteiger partial charge is 0.433 e. The zero-order chi connectivity index (χ0) is 12.6. The highest BCUT2D eigenvalue weighted by atomic mass is 35.5. The third-order valence-electron chi connectivity index (χ3n) is 2.29. The maximum atomic E-state index is 13.0. The summed E-state index contributed by atoms with van der Waals surface area (Å²) in [4.78, 5) is 3.45. The van der Waals surface area contributed by atoms with Crippen molar-refractivity contribution in [2.45, 2.75) is 12.1 Å². The van der Waals surface area contributed by atoms with Gasteiger partial charge < -0.3 is 0 Å². The molecule has 0 atom stereocenters. The zero-order valence-corrected chi connectivity index (χ0v) is 9.11. The molecule has 0 radical (unpaired) electrons. The van der Waals surface area contributed by atoms with Crippen molar-refractivity contribution in [2.75, 3.05) is 0 Å². The lowest BCUT2D eigenvalue weighted by molar-refractivity contribution is -0.141. The fraction of sp³-hybridized carbons (Fsp3) is 0.182. The third kappa shape index (κ3) is 2.34. The summed E-state index contributed by atoms with van der Waals surface area (Å²) in [6, 6.07) is 4.23. The van der Waals surface area contributed by atoms with Crippen LogP contribution in [0.5, 0.6) is 0 Å². The van der Waals surface area contributed by atoms with E-state index in [1.807, 2.05) is 0 Å². The SMILES string of the molecule is Fc1ccc2nc(C(F)(F)F)cc(CCl)c2c1. The Kier molecular flexibility index (Phi) is 2.95. The average Bonchev–Trinajstić information content (AvgIpc) is 2.26. The van der Waals surface area contributed by atoms with Gasteiger partial charge in [-0.3, -0.25) is 0 Å². The van der Waals surface area contributed by atoms with Gasteiger partial charge in [-0.2, -0.15) is 13.2 Å². The van der Waals surface area contributed by atoms with E-state index in [1.165, 1.54) is 6.07 Å². The zero-order valence-electron chi connectivity index (χ0n) is 8.35. The van der Waals surface area contributed by atoms with Gasteiger partial charge in [-0.05, 0) is 29.8 Å². The molecule has 2 rings (SSSR count). The van der Waals surface area contributed by atoms with Crippen LogP contribution in [0.4, 0.5) is 17.6 Å². The molecule has 0 spiro atoms. The van der Waals surface area contributed by atoms with Crippen molar-refractivity contribution in [3.8, 4) is 0 Å². The molecule has 0 aliphatic carbocycles. The van der Waals surface area contributed by atoms with Crippen LogP contribution in [-0.4, -0.2) is 4.98 Å². The second kappa shape index (κ2) is 4.14. The molecule has 0 bridgehead atoms. The summed E-state index contributed by atoms with van der Waals surface area (Å²) < 4.78 is 50.6. The highest BCUT2D eigenvalue weighted by Gasteiger charge is 2.33. The summed E-state index contributed by atoms with van der Waals surface area (Å²) in [5, 5.41) is 0.299. The van der Waals surface area contributed by atoms with E-state index >= 15 is 0 Å². The molecule has 1 heterocycles. The Bertz CT molecular complexity index is 565. The molecule has 0 saturated carbocycles. The van der Waals surface area contributed by atoms with Gasteiger partial charge in [0, 0.05) is 11.3 Å². The van der Waals surface area contributed by atoms with Crippen LogP contribution in [0.2, 0.25) is 0 Å². The minimum Gasteiger partial charge on any atom is -0.243 e. The molecule has 6 heteroatoms. The standard InChI is InChI=1S/C11H6ClF4N/c12-5-6-3-10(11(14,15)16)17-9-2-1-7(13)4-8(6)9/h1-4H,5H2. The molecule has 0 unspecified atom stereocenters. The molecule has 0 aliphatic rings. The van der Waals surface area contributed by atoms with Crippen molar-refractivity contribution in [3.63, 3.8) is 0 Å². The molecular weight excluding hydrogens is 258 g/mol. The number of alkyl halides is 4. The highest BCUT2D eigenvalue weighted by Crippen LogP contribution is 2.31. The van der Waals surface area contributed by atoms with Gasteiger partial charge in [-0.25, -0.2) is 9.37 Å². The lowest BCUT2D eigenvalue weighted by atomic mass is 10.1. The van der Waals surface area contributed by atoms with Crippen LogP contribution in [0.25, 0.3) is 10.9 Å². The minimum atomic E-state index is -4.54. The van der Waals surface area contributed by atoms with Gasteiger partial charge in [0.1, 0.15) is 11.5 Å². The Morgan fingerprint density at radius 3 is 2.47 bits per heavy atom. The normalized spacial score (nSPS) is 12.1. The van der Waals surface area contributed by atoms with Crippen molar-refractivity contribution < 1.29 is 17.6 Å².